The van der Waals surface area contributed by atoms with Gasteiger partial charge < -0.3 is 9.47 Å². The van der Waals surface area contributed by atoms with Crippen LogP contribution in [0.1, 0.15) is 34.1 Å². The average molecular weight is 288 g/mol. The molecule has 0 aliphatic rings. The first-order valence-corrected chi connectivity index (χ1v) is 7.64. The van der Waals surface area contributed by atoms with E-state index < -0.39 is 0 Å². The molecular weight excluding hydrogens is 260 g/mol. The average Bonchev–Trinajstić information content (AvgIpc) is 2.52. The minimum Gasteiger partial charge on any atom is -0.494 e. The van der Waals surface area contributed by atoms with E-state index >= 15 is 0 Å². The number of para-hydroxylation sites is 2. The highest BCUT2D eigenvalue weighted by molar-refractivity contribution is 5.21. The topological polar surface area (TPSA) is 18.5 Å². The molecule has 2 aromatic rings. The summed E-state index contributed by atoms with van der Waals surface area (Å²) in [6.45, 7) is 9.69. The lowest BCUT2D eigenvalue weighted by molar-refractivity contribution is 0.340. The van der Waals surface area contributed by atoms with Gasteiger partial charge in [-0.3, -0.25) is 0 Å². The highest BCUT2D eigenvalue weighted by Crippen LogP contribution is 2.07. The van der Waals surface area contributed by atoms with Crippen LogP contribution in [0, 0.1) is 0 Å². The molecule has 0 fully saturated rings. The molecule has 2 heteroatoms. The molecule has 0 saturated heterocycles. The molecule has 0 aliphatic carbocycles. The van der Waals surface area contributed by atoms with Gasteiger partial charge in [0.2, 0.25) is 0 Å². The number of benzene rings is 2. The van der Waals surface area contributed by atoms with Crippen molar-refractivity contribution in [2.75, 3.05) is 13.2 Å². The zero-order chi connectivity index (χ0) is 15.8. The van der Waals surface area contributed by atoms with E-state index in [0.717, 1.165) is 24.7 Å². The lowest BCUT2D eigenvalue weighted by Gasteiger charge is -1.99. The quantitative estimate of drug-likeness (QED) is 0.730. The van der Waals surface area contributed by atoms with Crippen molar-refractivity contribution in [3.8, 4) is 11.5 Å². The van der Waals surface area contributed by atoms with Crippen molar-refractivity contribution in [2.45, 2.75) is 34.1 Å². The fourth-order valence-corrected chi connectivity index (χ4v) is 1.37. The third kappa shape index (κ3) is 11.6. The van der Waals surface area contributed by atoms with E-state index in [1.54, 1.807) is 0 Å². The smallest absolute Gasteiger partial charge is 0.119 e. The van der Waals surface area contributed by atoms with Crippen LogP contribution in [0.4, 0.5) is 0 Å². The summed E-state index contributed by atoms with van der Waals surface area (Å²) in [4.78, 5) is 0. The second kappa shape index (κ2) is 14.4. The summed E-state index contributed by atoms with van der Waals surface area (Å²) in [6.07, 6.45) is 1.25. The first-order chi connectivity index (χ1) is 10.3. The molecule has 0 aliphatic heterocycles. The van der Waals surface area contributed by atoms with Gasteiger partial charge >= 0.3 is 0 Å². The predicted octanol–water partition coefficient (Wildman–Crippen LogP) is 5.59. The van der Waals surface area contributed by atoms with Gasteiger partial charge in [0.1, 0.15) is 11.5 Å². The Kier molecular flexibility index (Phi) is 13.1. The normalized spacial score (nSPS) is 8.57. The van der Waals surface area contributed by atoms with Crippen LogP contribution in [-0.2, 0) is 0 Å². The van der Waals surface area contributed by atoms with Crippen LogP contribution < -0.4 is 9.47 Å². The minimum absolute atomic E-state index is 0.740. The maximum Gasteiger partial charge on any atom is 0.119 e. The number of rotatable bonds is 4. The van der Waals surface area contributed by atoms with E-state index in [0.29, 0.717) is 0 Å². The van der Waals surface area contributed by atoms with E-state index in [-0.39, 0.29) is 0 Å². The third-order valence-electron chi connectivity index (χ3n) is 2.11. The van der Waals surface area contributed by atoms with E-state index in [2.05, 4.69) is 13.8 Å². The zero-order valence-electron chi connectivity index (χ0n) is 13.7. The fourth-order valence-electron chi connectivity index (χ4n) is 1.37. The highest BCUT2D eigenvalue weighted by atomic mass is 16.5. The summed E-state index contributed by atoms with van der Waals surface area (Å²) in [5.74, 6) is 1.89. The number of hydrogen-bond donors (Lipinski definition) is 0. The summed E-state index contributed by atoms with van der Waals surface area (Å²) >= 11 is 0. The van der Waals surface area contributed by atoms with E-state index in [1.165, 1.54) is 6.42 Å². The maximum atomic E-state index is 5.21. The van der Waals surface area contributed by atoms with E-state index in [1.807, 2.05) is 74.5 Å². The largest absolute Gasteiger partial charge is 0.494 e. The van der Waals surface area contributed by atoms with E-state index in [4.69, 9.17) is 9.47 Å². The number of hydrogen-bond acceptors (Lipinski definition) is 2. The second-order valence-corrected chi connectivity index (χ2v) is 4.20. The van der Waals surface area contributed by atoms with Crippen molar-refractivity contribution in [2.24, 2.45) is 0 Å². The van der Waals surface area contributed by atoms with Crippen molar-refractivity contribution in [1.82, 2.24) is 0 Å². The molecule has 0 bridgehead atoms. The Balaban J connectivity index is 0.000000322. The molecule has 2 nitrogen and oxygen atoms in total. The summed E-state index contributed by atoms with van der Waals surface area (Å²) in [6, 6.07) is 19.6. The van der Waals surface area contributed by atoms with Crippen LogP contribution in [0.2, 0.25) is 0 Å². The Morgan fingerprint density at radius 3 is 1.10 bits per heavy atom. The third-order valence-corrected chi connectivity index (χ3v) is 2.11. The SMILES string of the molecule is CCC.CCOc1ccccc1.CCOc1ccccc1. The zero-order valence-corrected chi connectivity index (χ0v) is 13.7. The molecule has 2 aromatic carbocycles. The molecule has 116 valence electrons. The van der Waals surface area contributed by atoms with Crippen molar-refractivity contribution >= 4 is 0 Å². The van der Waals surface area contributed by atoms with Gasteiger partial charge in [-0.05, 0) is 38.1 Å². The van der Waals surface area contributed by atoms with Crippen LogP contribution in [0.5, 0.6) is 11.5 Å². The molecular formula is C19H28O2. The summed E-state index contributed by atoms with van der Waals surface area (Å²) in [5, 5.41) is 0. The minimum atomic E-state index is 0.740. The molecule has 0 heterocycles. The number of ether oxygens (including phenoxy) is 2. The lowest BCUT2D eigenvalue weighted by Crippen LogP contribution is -1.89. The van der Waals surface area contributed by atoms with Gasteiger partial charge in [-0.1, -0.05) is 56.7 Å². The van der Waals surface area contributed by atoms with Crippen molar-refractivity contribution in [1.29, 1.82) is 0 Å². The van der Waals surface area contributed by atoms with Gasteiger partial charge in [-0.15, -0.1) is 0 Å². The molecule has 0 spiro atoms. The lowest BCUT2D eigenvalue weighted by atomic mass is 10.3. The van der Waals surface area contributed by atoms with Crippen LogP contribution >= 0.6 is 0 Å². The van der Waals surface area contributed by atoms with Gasteiger partial charge in [0.25, 0.3) is 0 Å². The van der Waals surface area contributed by atoms with Crippen molar-refractivity contribution in [3.63, 3.8) is 0 Å². The summed E-state index contributed by atoms with van der Waals surface area (Å²) < 4.78 is 10.4. The Morgan fingerprint density at radius 2 is 0.857 bits per heavy atom. The first-order valence-electron chi connectivity index (χ1n) is 7.64. The monoisotopic (exact) mass is 288 g/mol. The Labute approximate surface area is 129 Å². The van der Waals surface area contributed by atoms with Crippen LogP contribution in [0.3, 0.4) is 0 Å². The Hall–Kier alpha value is -1.96. The molecule has 0 saturated carbocycles. The van der Waals surface area contributed by atoms with E-state index in [9.17, 15) is 0 Å². The molecule has 0 N–H and O–H groups in total. The van der Waals surface area contributed by atoms with Crippen molar-refractivity contribution in [3.05, 3.63) is 60.7 Å². The molecule has 0 amide bonds. The molecule has 21 heavy (non-hydrogen) atoms. The molecule has 0 aromatic heterocycles. The second-order valence-electron chi connectivity index (χ2n) is 4.20. The summed E-state index contributed by atoms with van der Waals surface area (Å²) in [7, 11) is 0. The standard InChI is InChI=1S/2C8H10O.C3H8/c2*1-2-9-8-6-4-3-5-7-8;1-3-2/h2*3-7H,2H2,1H3;3H2,1-2H3. The molecule has 0 atom stereocenters. The highest BCUT2D eigenvalue weighted by Gasteiger charge is 1.84. The van der Waals surface area contributed by atoms with Crippen LogP contribution in [0.15, 0.2) is 60.7 Å². The van der Waals surface area contributed by atoms with Crippen LogP contribution in [0.25, 0.3) is 0 Å². The van der Waals surface area contributed by atoms with Gasteiger partial charge in [0.15, 0.2) is 0 Å². The van der Waals surface area contributed by atoms with Gasteiger partial charge in [0, 0.05) is 0 Å². The molecule has 2 rings (SSSR count). The van der Waals surface area contributed by atoms with Gasteiger partial charge in [-0.2, -0.15) is 0 Å². The Morgan fingerprint density at radius 1 is 0.571 bits per heavy atom. The van der Waals surface area contributed by atoms with Gasteiger partial charge in [0.05, 0.1) is 13.2 Å². The van der Waals surface area contributed by atoms with Gasteiger partial charge in [-0.25, -0.2) is 0 Å². The molecule has 0 radical (unpaired) electrons. The predicted molar refractivity (Wildman–Crippen MR) is 91.2 cm³/mol. The summed E-state index contributed by atoms with van der Waals surface area (Å²) in [5.41, 5.74) is 0. The maximum absolute atomic E-state index is 5.21. The molecule has 0 unspecified atom stereocenters. The fraction of sp³-hybridized carbons (Fsp3) is 0.368. The van der Waals surface area contributed by atoms with Crippen LogP contribution in [-0.4, -0.2) is 13.2 Å². The van der Waals surface area contributed by atoms with Crippen molar-refractivity contribution < 1.29 is 9.47 Å². The Bertz CT molecular complexity index is 371. The first kappa shape index (κ1) is 19.0.